The van der Waals surface area contributed by atoms with E-state index in [0.717, 1.165) is 84.9 Å². The molecule has 0 aliphatic heterocycles. The lowest BCUT2D eigenvalue weighted by Gasteiger charge is -2.19. The molecule has 4 nitrogen and oxygen atoms in total. The normalized spacial score (nSPS) is 16.0. The van der Waals surface area contributed by atoms with E-state index in [0.29, 0.717) is 0 Å². The fraction of sp³-hybridized carbons (Fsp3) is 0.0682. The predicted octanol–water partition coefficient (Wildman–Crippen LogP) is 11.2. The van der Waals surface area contributed by atoms with E-state index in [2.05, 4.69) is 149 Å². The van der Waals surface area contributed by atoms with Crippen molar-refractivity contribution >= 4 is 71.9 Å². The maximum absolute atomic E-state index is 10.6. The van der Waals surface area contributed by atoms with Gasteiger partial charge < -0.3 is 13.6 Å². The first-order valence-corrected chi connectivity index (χ1v) is 16.5. The molecular formula is C44H29N3O. The SMILES string of the molecule is N#CC1C=CC=CC(c2ccc3c(c2)c2c4oc5c(c4ccc2n3-c2ccccc2)C=CCC5)=C1n1c2ccccc2c2ccccc21. The molecule has 5 aromatic carbocycles. The van der Waals surface area contributed by atoms with E-state index in [4.69, 9.17) is 4.42 Å². The van der Waals surface area contributed by atoms with Crippen LogP contribution >= 0.6 is 0 Å². The van der Waals surface area contributed by atoms with Crippen LogP contribution < -0.4 is 0 Å². The monoisotopic (exact) mass is 615 g/mol. The number of rotatable bonds is 3. The van der Waals surface area contributed by atoms with Gasteiger partial charge in [0.15, 0.2) is 0 Å². The van der Waals surface area contributed by atoms with Crippen molar-refractivity contribution in [1.82, 2.24) is 9.13 Å². The third kappa shape index (κ3) is 3.76. The number of nitrogens with zero attached hydrogens (tertiary/aromatic N) is 3. The fourth-order valence-corrected chi connectivity index (χ4v) is 7.99. The van der Waals surface area contributed by atoms with Gasteiger partial charge in [-0.1, -0.05) is 97.1 Å². The second-order valence-corrected chi connectivity index (χ2v) is 12.6. The van der Waals surface area contributed by atoms with Gasteiger partial charge in [0.1, 0.15) is 17.3 Å². The molecule has 2 aliphatic rings. The molecule has 4 heteroatoms. The Hall–Kier alpha value is -6.31. The number of furan rings is 1. The summed E-state index contributed by atoms with van der Waals surface area (Å²) in [6.45, 7) is 0. The van der Waals surface area contributed by atoms with Crippen molar-refractivity contribution in [2.75, 3.05) is 0 Å². The van der Waals surface area contributed by atoms with Crippen LogP contribution in [0.1, 0.15) is 23.3 Å². The van der Waals surface area contributed by atoms with Crippen LogP contribution in [-0.2, 0) is 6.42 Å². The number of hydrogen-bond donors (Lipinski definition) is 0. The van der Waals surface area contributed by atoms with Crippen LogP contribution in [0.3, 0.4) is 0 Å². The largest absolute Gasteiger partial charge is 0.460 e. The van der Waals surface area contributed by atoms with E-state index >= 15 is 0 Å². The van der Waals surface area contributed by atoms with E-state index in [1.807, 2.05) is 12.2 Å². The van der Waals surface area contributed by atoms with Crippen LogP contribution in [-0.4, -0.2) is 9.13 Å². The topological polar surface area (TPSA) is 46.8 Å². The number of nitriles is 1. The van der Waals surface area contributed by atoms with Crippen molar-refractivity contribution in [3.63, 3.8) is 0 Å². The zero-order valence-corrected chi connectivity index (χ0v) is 26.1. The van der Waals surface area contributed by atoms with Crippen LogP contribution in [0.15, 0.2) is 144 Å². The van der Waals surface area contributed by atoms with Crippen molar-refractivity contribution in [2.45, 2.75) is 12.8 Å². The van der Waals surface area contributed by atoms with Crippen molar-refractivity contribution < 1.29 is 4.42 Å². The molecule has 0 N–H and O–H groups in total. The number of hydrogen-bond acceptors (Lipinski definition) is 2. The van der Waals surface area contributed by atoms with Gasteiger partial charge >= 0.3 is 0 Å². The number of allylic oxidation sites excluding steroid dienone is 7. The third-order valence-electron chi connectivity index (χ3n) is 10.1. The second-order valence-electron chi connectivity index (χ2n) is 12.6. The van der Waals surface area contributed by atoms with Crippen LogP contribution in [0.4, 0.5) is 0 Å². The molecule has 0 amide bonds. The molecule has 0 spiro atoms. The molecule has 8 aromatic rings. The lowest BCUT2D eigenvalue weighted by Crippen LogP contribution is -2.08. The molecule has 10 rings (SSSR count). The molecular weight excluding hydrogens is 587 g/mol. The van der Waals surface area contributed by atoms with E-state index in [9.17, 15) is 5.26 Å². The molecule has 1 atom stereocenters. The average Bonchev–Trinajstić information content (AvgIpc) is 3.74. The highest BCUT2D eigenvalue weighted by Crippen LogP contribution is 2.44. The zero-order valence-electron chi connectivity index (χ0n) is 26.1. The third-order valence-corrected chi connectivity index (χ3v) is 10.1. The van der Waals surface area contributed by atoms with Crippen molar-refractivity contribution in [3.8, 4) is 11.8 Å². The van der Waals surface area contributed by atoms with Crippen LogP contribution in [0.25, 0.3) is 77.6 Å². The maximum atomic E-state index is 10.6. The van der Waals surface area contributed by atoms with E-state index in [1.54, 1.807) is 0 Å². The lowest BCUT2D eigenvalue weighted by atomic mass is 9.95. The van der Waals surface area contributed by atoms with Crippen LogP contribution in [0.2, 0.25) is 0 Å². The van der Waals surface area contributed by atoms with Crippen molar-refractivity contribution in [3.05, 3.63) is 156 Å². The van der Waals surface area contributed by atoms with Crippen LogP contribution in [0, 0.1) is 17.2 Å². The molecule has 3 aromatic heterocycles. The van der Waals surface area contributed by atoms with Gasteiger partial charge in [0.25, 0.3) is 0 Å². The Kier molecular flexibility index (Phi) is 5.79. The van der Waals surface area contributed by atoms with Gasteiger partial charge in [0.2, 0.25) is 0 Å². The van der Waals surface area contributed by atoms with Gasteiger partial charge in [0.05, 0.1) is 39.2 Å². The summed E-state index contributed by atoms with van der Waals surface area (Å²) in [5, 5.41) is 16.4. The molecule has 0 saturated heterocycles. The van der Waals surface area contributed by atoms with Gasteiger partial charge in [-0.2, -0.15) is 5.26 Å². The molecule has 0 bridgehead atoms. The van der Waals surface area contributed by atoms with E-state index in [1.165, 1.54) is 16.3 Å². The van der Waals surface area contributed by atoms with Crippen molar-refractivity contribution in [1.29, 1.82) is 5.26 Å². The van der Waals surface area contributed by atoms with Gasteiger partial charge in [-0.25, -0.2) is 0 Å². The second kappa shape index (κ2) is 10.4. The smallest absolute Gasteiger partial charge is 0.144 e. The Morgan fingerprint density at radius 2 is 1.40 bits per heavy atom. The first-order valence-electron chi connectivity index (χ1n) is 16.5. The van der Waals surface area contributed by atoms with E-state index < -0.39 is 5.92 Å². The number of aromatic nitrogens is 2. The van der Waals surface area contributed by atoms with Gasteiger partial charge in [-0.05, 0) is 60.5 Å². The summed E-state index contributed by atoms with van der Waals surface area (Å²) in [5.74, 6) is 0.605. The van der Waals surface area contributed by atoms with Crippen molar-refractivity contribution in [2.24, 2.45) is 5.92 Å². The highest BCUT2D eigenvalue weighted by molar-refractivity contribution is 6.21. The Morgan fingerprint density at radius 3 is 2.19 bits per heavy atom. The quantitative estimate of drug-likeness (QED) is 0.198. The molecule has 2 aliphatic carbocycles. The Bertz CT molecular complexity index is 2740. The minimum absolute atomic E-state index is 0.453. The van der Waals surface area contributed by atoms with Gasteiger partial charge in [-0.3, -0.25) is 0 Å². The Labute approximate surface area is 277 Å². The minimum atomic E-state index is -0.453. The molecule has 0 radical (unpaired) electrons. The molecule has 3 heterocycles. The predicted molar refractivity (Wildman–Crippen MR) is 198 cm³/mol. The zero-order chi connectivity index (χ0) is 31.8. The van der Waals surface area contributed by atoms with E-state index in [-0.39, 0.29) is 0 Å². The number of benzene rings is 5. The summed E-state index contributed by atoms with van der Waals surface area (Å²) in [5.41, 5.74) is 10.7. The summed E-state index contributed by atoms with van der Waals surface area (Å²) in [4.78, 5) is 0. The Morgan fingerprint density at radius 1 is 0.667 bits per heavy atom. The summed E-state index contributed by atoms with van der Waals surface area (Å²) < 4.78 is 11.4. The molecule has 226 valence electrons. The first-order chi connectivity index (χ1) is 23.8. The van der Waals surface area contributed by atoms with Gasteiger partial charge in [-0.15, -0.1) is 0 Å². The molecule has 0 fully saturated rings. The number of aryl methyl sites for hydroxylation is 1. The summed E-state index contributed by atoms with van der Waals surface area (Å²) in [6.07, 6.45) is 14.6. The van der Waals surface area contributed by atoms with Crippen LogP contribution in [0.5, 0.6) is 0 Å². The summed E-state index contributed by atoms with van der Waals surface area (Å²) >= 11 is 0. The van der Waals surface area contributed by atoms with Gasteiger partial charge in [0, 0.05) is 44.8 Å². The maximum Gasteiger partial charge on any atom is 0.144 e. The highest BCUT2D eigenvalue weighted by Gasteiger charge is 2.26. The number of fused-ring (bicyclic) bond motifs is 10. The number of para-hydroxylation sites is 3. The summed E-state index contributed by atoms with van der Waals surface area (Å²) in [6, 6.07) is 41.4. The molecule has 48 heavy (non-hydrogen) atoms. The molecule has 1 unspecified atom stereocenters. The standard InChI is InChI=1S/C44H29N3O/c45-27-29-12-4-5-15-31(43(29)47-37-19-9-6-16-32(37)33-17-7-10-20-38(33)47)28-22-24-39-36(26-28)42-40(46(39)30-13-2-1-3-14-30)25-23-35-34-18-8-11-21-41(34)48-44(35)42/h1-10,12-20,22-26,29H,11,21H2. The first kappa shape index (κ1) is 26.9. The Balaban J connectivity index is 1.33. The molecule has 0 saturated carbocycles. The average molecular weight is 616 g/mol. The minimum Gasteiger partial charge on any atom is -0.460 e. The summed E-state index contributed by atoms with van der Waals surface area (Å²) in [7, 11) is 0. The highest BCUT2D eigenvalue weighted by atomic mass is 16.3. The fourth-order valence-electron chi connectivity index (χ4n) is 7.99. The lowest BCUT2D eigenvalue weighted by molar-refractivity contribution is 0.549.